The second-order valence-electron chi connectivity index (χ2n) is 6.21. The molecule has 2 atom stereocenters. The maximum atomic E-state index is 12.8. The number of ether oxygens (including phenoxy) is 1. The predicted molar refractivity (Wildman–Crippen MR) is 89.9 cm³/mol. The lowest BCUT2D eigenvalue weighted by molar-refractivity contribution is -0.188. The third-order valence-electron chi connectivity index (χ3n) is 4.10. The Morgan fingerprint density at radius 3 is 2.73 bits per heavy atom. The van der Waals surface area contributed by atoms with E-state index in [2.05, 4.69) is 0 Å². The Morgan fingerprint density at radius 1 is 1.35 bits per heavy atom. The zero-order valence-electron chi connectivity index (χ0n) is 14.3. The first-order chi connectivity index (χ1) is 12.2. The summed E-state index contributed by atoms with van der Waals surface area (Å²) in [5.74, 6) is -2.64. The van der Waals surface area contributed by atoms with Gasteiger partial charge in [0.05, 0.1) is 11.5 Å². The Hall–Kier alpha value is -1.90. The summed E-state index contributed by atoms with van der Waals surface area (Å²) in [7, 11) is -1.07. The van der Waals surface area contributed by atoms with E-state index in [0.29, 0.717) is 5.56 Å². The van der Waals surface area contributed by atoms with Crippen molar-refractivity contribution in [1.82, 2.24) is 4.90 Å². The fourth-order valence-electron chi connectivity index (χ4n) is 2.80. The Balaban J connectivity index is 1.90. The van der Waals surface area contributed by atoms with E-state index < -0.39 is 47.9 Å². The standard InChI is InChI=1S/C17H20F3NO4S/c1-26(24)11-12-4-2-5-13(8-12)16(23)25-10-15(22)21-7-3-6-14(9-21)17(18,19)20/h2,4-5,8,14H,3,6-7,9-11H2,1H3/t14-,26-/m1/s1. The number of piperidine rings is 1. The van der Waals surface area contributed by atoms with E-state index >= 15 is 0 Å². The molecule has 0 radical (unpaired) electrons. The van der Waals surface area contributed by atoms with Crippen molar-refractivity contribution in [2.24, 2.45) is 5.92 Å². The zero-order chi connectivity index (χ0) is 19.3. The van der Waals surface area contributed by atoms with Crippen LogP contribution >= 0.6 is 0 Å². The number of alkyl halides is 3. The highest BCUT2D eigenvalue weighted by atomic mass is 32.2. The number of esters is 1. The average Bonchev–Trinajstić information content (AvgIpc) is 2.58. The van der Waals surface area contributed by atoms with E-state index in [1.807, 2.05) is 0 Å². The topological polar surface area (TPSA) is 63.7 Å². The van der Waals surface area contributed by atoms with Crippen LogP contribution in [0.15, 0.2) is 24.3 Å². The summed E-state index contributed by atoms with van der Waals surface area (Å²) in [6, 6.07) is 6.35. The van der Waals surface area contributed by atoms with Crippen LogP contribution in [0.1, 0.15) is 28.8 Å². The van der Waals surface area contributed by atoms with Crippen molar-refractivity contribution in [1.29, 1.82) is 0 Å². The summed E-state index contributed by atoms with van der Waals surface area (Å²) >= 11 is 0. The van der Waals surface area contributed by atoms with Gasteiger partial charge in [-0.15, -0.1) is 0 Å². The van der Waals surface area contributed by atoms with Crippen LogP contribution in [0, 0.1) is 5.92 Å². The summed E-state index contributed by atoms with van der Waals surface area (Å²) in [4.78, 5) is 25.2. The molecule has 5 nitrogen and oxygen atoms in total. The number of benzene rings is 1. The van der Waals surface area contributed by atoms with Crippen molar-refractivity contribution in [3.05, 3.63) is 35.4 Å². The Kier molecular flexibility index (Phi) is 6.80. The molecule has 1 fully saturated rings. The minimum absolute atomic E-state index is 0.00133. The van der Waals surface area contributed by atoms with Crippen LogP contribution in [0.4, 0.5) is 13.2 Å². The van der Waals surface area contributed by atoms with Gasteiger partial charge < -0.3 is 9.64 Å². The van der Waals surface area contributed by atoms with Crippen molar-refractivity contribution in [2.75, 3.05) is 26.0 Å². The normalized spacial score (nSPS) is 19.1. The van der Waals surface area contributed by atoms with Crippen LogP contribution in [0.25, 0.3) is 0 Å². The molecule has 1 aliphatic rings. The SMILES string of the molecule is C[S@@](=O)Cc1cccc(C(=O)OCC(=O)N2CCC[C@@H](C(F)(F)F)C2)c1. The molecule has 1 aromatic rings. The molecule has 2 rings (SSSR count). The van der Waals surface area contributed by atoms with Crippen molar-refractivity contribution < 1.29 is 31.7 Å². The Bertz CT molecular complexity index is 693. The molecular formula is C17H20F3NO4S. The molecule has 1 aromatic carbocycles. The lowest BCUT2D eigenvalue weighted by Gasteiger charge is -2.33. The van der Waals surface area contributed by atoms with Gasteiger partial charge >= 0.3 is 12.1 Å². The average molecular weight is 391 g/mol. The van der Waals surface area contributed by atoms with E-state index in [0.717, 1.165) is 4.90 Å². The molecule has 1 saturated heterocycles. The summed E-state index contributed by atoms with van der Waals surface area (Å²) in [6.07, 6.45) is -2.54. The quantitative estimate of drug-likeness (QED) is 0.724. The fraction of sp³-hybridized carbons (Fsp3) is 0.529. The lowest BCUT2D eigenvalue weighted by Crippen LogP contribution is -2.46. The molecule has 26 heavy (non-hydrogen) atoms. The van der Waals surface area contributed by atoms with Gasteiger partial charge in [0.25, 0.3) is 5.91 Å². The van der Waals surface area contributed by atoms with Gasteiger partial charge in [-0.25, -0.2) is 4.79 Å². The number of amides is 1. The number of carbonyl (C=O) groups excluding carboxylic acids is 2. The zero-order valence-corrected chi connectivity index (χ0v) is 15.1. The number of carbonyl (C=O) groups is 2. The van der Waals surface area contributed by atoms with E-state index in [4.69, 9.17) is 4.74 Å². The van der Waals surface area contributed by atoms with Gasteiger partial charge in [0.2, 0.25) is 0 Å². The molecule has 0 bridgehead atoms. The molecule has 1 amide bonds. The smallest absolute Gasteiger partial charge is 0.393 e. The lowest BCUT2D eigenvalue weighted by atomic mass is 9.97. The summed E-state index contributed by atoms with van der Waals surface area (Å²) in [5, 5.41) is 0. The number of rotatable bonds is 5. The summed E-state index contributed by atoms with van der Waals surface area (Å²) in [5.41, 5.74) is 0.892. The van der Waals surface area contributed by atoms with Crippen molar-refractivity contribution in [2.45, 2.75) is 24.8 Å². The molecular weight excluding hydrogens is 371 g/mol. The van der Waals surface area contributed by atoms with Crippen LogP contribution in [-0.4, -0.2) is 53.1 Å². The number of likely N-dealkylation sites (tertiary alicyclic amines) is 1. The molecule has 0 saturated carbocycles. The minimum Gasteiger partial charge on any atom is -0.452 e. The maximum Gasteiger partial charge on any atom is 0.393 e. The second kappa shape index (κ2) is 8.66. The number of nitrogens with zero attached hydrogens (tertiary/aromatic N) is 1. The molecule has 0 spiro atoms. The fourth-order valence-corrected chi connectivity index (χ4v) is 3.44. The first-order valence-corrected chi connectivity index (χ1v) is 9.80. The van der Waals surface area contributed by atoms with Gasteiger partial charge in [0.15, 0.2) is 6.61 Å². The maximum absolute atomic E-state index is 12.8. The molecule has 1 heterocycles. The second-order valence-corrected chi connectivity index (χ2v) is 7.65. The van der Waals surface area contributed by atoms with Crippen molar-refractivity contribution >= 4 is 22.7 Å². The first kappa shape index (κ1) is 20.4. The molecule has 0 N–H and O–H groups in total. The number of hydrogen-bond acceptors (Lipinski definition) is 4. The van der Waals surface area contributed by atoms with Gasteiger partial charge in [0.1, 0.15) is 0 Å². The highest BCUT2D eigenvalue weighted by molar-refractivity contribution is 7.83. The molecule has 1 aliphatic heterocycles. The largest absolute Gasteiger partial charge is 0.452 e. The first-order valence-electron chi connectivity index (χ1n) is 8.07. The van der Waals surface area contributed by atoms with Crippen LogP contribution in [0.5, 0.6) is 0 Å². The Morgan fingerprint density at radius 2 is 2.08 bits per heavy atom. The molecule has 0 unspecified atom stereocenters. The monoisotopic (exact) mass is 391 g/mol. The van der Waals surface area contributed by atoms with Crippen LogP contribution in [0.3, 0.4) is 0 Å². The van der Waals surface area contributed by atoms with Gasteiger partial charge in [-0.3, -0.25) is 9.00 Å². The van der Waals surface area contributed by atoms with E-state index in [1.54, 1.807) is 12.1 Å². The number of hydrogen-bond donors (Lipinski definition) is 0. The minimum atomic E-state index is -4.34. The van der Waals surface area contributed by atoms with Crippen molar-refractivity contribution in [3.63, 3.8) is 0 Å². The summed E-state index contributed by atoms with van der Waals surface area (Å²) in [6.45, 7) is -0.786. The molecule has 9 heteroatoms. The van der Waals surface area contributed by atoms with Crippen LogP contribution < -0.4 is 0 Å². The number of halogens is 3. The summed E-state index contributed by atoms with van der Waals surface area (Å²) < 4.78 is 54.6. The highest BCUT2D eigenvalue weighted by Crippen LogP contribution is 2.33. The van der Waals surface area contributed by atoms with E-state index in [9.17, 15) is 27.0 Å². The Labute approximate surface area is 152 Å². The predicted octanol–water partition coefficient (Wildman–Crippen LogP) is 2.52. The third kappa shape index (κ3) is 5.82. The van der Waals surface area contributed by atoms with Crippen LogP contribution in [-0.2, 0) is 26.1 Å². The van der Waals surface area contributed by atoms with Gasteiger partial charge in [-0.1, -0.05) is 12.1 Å². The van der Waals surface area contributed by atoms with Gasteiger partial charge in [0, 0.05) is 35.9 Å². The highest BCUT2D eigenvalue weighted by Gasteiger charge is 2.42. The van der Waals surface area contributed by atoms with E-state index in [-0.39, 0.29) is 30.7 Å². The molecule has 0 aliphatic carbocycles. The van der Waals surface area contributed by atoms with Gasteiger partial charge in [-0.2, -0.15) is 13.2 Å². The van der Waals surface area contributed by atoms with Crippen LogP contribution in [0.2, 0.25) is 0 Å². The third-order valence-corrected chi connectivity index (χ3v) is 4.84. The van der Waals surface area contributed by atoms with Crippen molar-refractivity contribution in [3.8, 4) is 0 Å². The molecule has 0 aromatic heterocycles. The van der Waals surface area contributed by atoms with Gasteiger partial charge in [-0.05, 0) is 30.5 Å². The van der Waals surface area contributed by atoms with E-state index in [1.165, 1.54) is 18.4 Å². The molecule has 144 valence electrons.